The fraction of sp³-hybridized carbons (Fsp3) is 0.333. The minimum Gasteiger partial charge on any atom is -0.494 e. The van der Waals surface area contributed by atoms with E-state index in [2.05, 4.69) is 15.9 Å². The summed E-state index contributed by atoms with van der Waals surface area (Å²) in [7, 11) is 0. The average Bonchev–Trinajstić information content (AvgIpc) is 2.11. The second-order valence-corrected chi connectivity index (χ2v) is 3.56. The summed E-state index contributed by atoms with van der Waals surface area (Å²) in [6.45, 7) is 2.41. The fourth-order valence-corrected chi connectivity index (χ4v) is 1.50. The summed E-state index contributed by atoms with van der Waals surface area (Å²) in [5, 5.41) is 0. The molecule has 1 nitrogen and oxygen atoms in total. The van der Waals surface area contributed by atoms with E-state index in [-0.39, 0.29) is 11.7 Å². The number of benzene rings is 1. The van der Waals surface area contributed by atoms with E-state index >= 15 is 0 Å². The maximum Gasteiger partial charge on any atom is 0.137 e. The van der Waals surface area contributed by atoms with E-state index in [1.165, 1.54) is 6.07 Å². The second-order valence-electron chi connectivity index (χ2n) is 2.44. The molecular weight excluding hydrogens is 258 g/mol. The quantitative estimate of drug-likeness (QED) is 0.758. The molecular formula is C9H9BrClFO. The molecule has 1 aromatic carbocycles. The van der Waals surface area contributed by atoms with Crippen LogP contribution in [-0.2, 0) is 5.88 Å². The molecule has 0 aliphatic heterocycles. The molecule has 0 aliphatic carbocycles. The van der Waals surface area contributed by atoms with Gasteiger partial charge in [0.2, 0.25) is 0 Å². The first-order valence-electron chi connectivity index (χ1n) is 3.85. The number of alkyl halides is 1. The summed E-state index contributed by atoms with van der Waals surface area (Å²) in [5.41, 5.74) is 0.671. The monoisotopic (exact) mass is 266 g/mol. The Labute approximate surface area is 90.0 Å². The predicted molar refractivity (Wildman–Crippen MR) is 54.8 cm³/mol. The van der Waals surface area contributed by atoms with Gasteiger partial charge in [-0.05, 0) is 35.0 Å². The summed E-state index contributed by atoms with van der Waals surface area (Å²) in [6.07, 6.45) is 0. The lowest BCUT2D eigenvalue weighted by atomic mass is 10.2. The van der Waals surface area contributed by atoms with Crippen molar-refractivity contribution in [2.75, 3.05) is 6.61 Å². The van der Waals surface area contributed by atoms with Crippen molar-refractivity contribution >= 4 is 27.5 Å². The average molecular weight is 268 g/mol. The van der Waals surface area contributed by atoms with Crippen LogP contribution in [0.5, 0.6) is 5.75 Å². The summed E-state index contributed by atoms with van der Waals surface area (Å²) >= 11 is 8.71. The highest BCUT2D eigenvalue weighted by Gasteiger charge is 2.07. The van der Waals surface area contributed by atoms with Crippen molar-refractivity contribution in [1.29, 1.82) is 0 Å². The zero-order valence-electron chi connectivity index (χ0n) is 7.11. The Kier molecular flexibility index (Phi) is 4.00. The maximum atomic E-state index is 13.0. The van der Waals surface area contributed by atoms with E-state index in [4.69, 9.17) is 16.3 Å². The Balaban J connectivity index is 3.09. The van der Waals surface area contributed by atoms with Gasteiger partial charge in [0.1, 0.15) is 11.6 Å². The van der Waals surface area contributed by atoms with Gasteiger partial charge in [-0.1, -0.05) is 0 Å². The lowest BCUT2D eigenvalue weighted by Crippen LogP contribution is -1.96. The molecule has 4 heteroatoms. The molecule has 72 valence electrons. The van der Waals surface area contributed by atoms with Gasteiger partial charge in [-0.3, -0.25) is 0 Å². The Hall–Kier alpha value is -0.280. The molecule has 0 N–H and O–H groups in total. The van der Waals surface area contributed by atoms with Crippen LogP contribution in [0.3, 0.4) is 0 Å². The summed E-state index contributed by atoms with van der Waals surface area (Å²) in [4.78, 5) is 0. The molecule has 13 heavy (non-hydrogen) atoms. The molecule has 0 atom stereocenters. The Morgan fingerprint density at radius 3 is 2.77 bits per heavy atom. The summed E-state index contributed by atoms with van der Waals surface area (Å²) in [6, 6.07) is 2.97. The molecule has 0 amide bonds. The Bertz CT molecular complexity index is 304. The Morgan fingerprint density at radius 2 is 2.23 bits per heavy atom. The molecule has 1 rings (SSSR count). The van der Waals surface area contributed by atoms with Gasteiger partial charge in [-0.25, -0.2) is 4.39 Å². The zero-order chi connectivity index (χ0) is 9.84. The largest absolute Gasteiger partial charge is 0.494 e. The zero-order valence-corrected chi connectivity index (χ0v) is 9.45. The first-order chi connectivity index (χ1) is 6.19. The molecule has 0 bridgehead atoms. The van der Waals surface area contributed by atoms with Crippen molar-refractivity contribution in [2.24, 2.45) is 0 Å². The first-order valence-corrected chi connectivity index (χ1v) is 5.18. The molecule has 0 aliphatic rings. The van der Waals surface area contributed by atoms with Crippen LogP contribution in [0.15, 0.2) is 16.6 Å². The SMILES string of the molecule is CCOc1cc(Br)c(F)cc1CCl. The number of halogens is 3. The second kappa shape index (κ2) is 4.82. The van der Waals surface area contributed by atoms with Crippen LogP contribution in [0.4, 0.5) is 4.39 Å². The Morgan fingerprint density at radius 1 is 1.54 bits per heavy atom. The van der Waals surface area contributed by atoms with Gasteiger partial charge in [-0.15, -0.1) is 11.6 Å². The topological polar surface area (TPSA) is 9.23 Å². The number of hydrogen-bond donors (Lipinski definition) is 0. The van der Waals surface area contributed by atoms with E-state index in [0.29, 0.717) is 22.4 Å². The van der Waals surface area contributed by atoms with E-state index < -0.39 is 0 Å². The van der Waals surface area contributed by atoms with Crippen molar-refractivity contribution in [3.63, 3.8) is 0 Å². The van der Waals surface area contributed by atoms with E-state index in [0.717, 1.165) is 0 Å². The molecule has 0 radical (unpaired) electrons. The minimum atomic E-state index is -0.320. The number of hydrogen-bond acceptors (Lipinski definition) is 1. The third kappa shape index (κ3) is 2.58. The van der Waals surface area contributed by atoms with Crippen LogP contribution >= 0.6 is 27.5 Å². The van der Waals surface area contributed by atoms with Gasteiger partial charge in [0.05, 0.1) is 17.0 Å². The van der Waals surface area contributed by atoms with Crippen molar-refractivity contribution < 1.29 is 9.13 Å². The highest BCUT2D eigenvalue weighted by Crippen LogP contribution is 2.27. The standard InChI is InChI=1S/C9H9BrClFO/c1-2-13-9-4-7(10)8(12)3-6(9)5-11/h3-4H,2,5H2,1H3. The first kappa shape index (κ1) is 10.8. The van der Waals surface area contributed by atoms with Gasteiger partial charge in [-0.2, -0.15) is 0 Å². The number of rotatable bonds is 3. The van der Waals surface area contributed by atoms with Crippen LogP contribution in [0.1, 0.15) is 12.5 Å². The minimum absolute atomic E-state index is 0.250. The summed E-state index contributed by atoms with van der Waals surface area (Å²) < 4.78 is 18.7. The van der Waals surface area contributed by atoms with Crippen molar-refractivity contribution in [1.82, 2.24) is 0 Å². The third-order valence-electron chi connectivity index (χ3n) is 1.55. The van der Waals surface area contributed by atoms with Crippen LogP contribution in [0, 0.1) is 5.82 Å². The molecule has 0 spiro atoms. The van der Waals surface area contributed by atoms with Crippen LogP contribution < -0.4 is 4.74 Å². The molecule has 1 aromatic rings. The molecule has 0 heterocycles. The van der Waals surface area contributed by atoms with Gasteiger partial charge in [0.25, 0.3) is 0 Å². The van der Waals surface area contributed by atoms with Crippen LogP contribution in [0.25, 0.3) is 0 Å². The van der Waals surface area contributed by atoms with Gasteiger partial charge in [0, 0.05) is 5.56 Å². The number of ether oxygens (including phenoxy) is 1. The van der Waals surface area contributed by atoms with Gasteiger partial charge < -0.3 is 4.74 Å². The van der Waals surface area contributed by atoms with E-state index in [9.17, 15) is 4.39 Å². The van der Waals surface area contributed by atoms with Crippen LogP contribution in [0.2, 0.25) is 0 Å². The highest BCUT2D eigenvalue weighted by atomic mass is 79.9. The van der Waals surface area contributed by atoms with Crippen molar-refractivity contribution in [3.8, 4) is 5.75 Å². The smallest absolute Gasteiger partial charge is 0.137 e. The molecule has 0 fully saturated rings. The molecule has 0 saturated carbocycles. The van der Waals surface area contributed by atoms with Crippen molar-refractivity contribution in [2.45, 2.75) is 12.8 Å². The lowest BCUT2D eigenvalue weighted by Gasteiger charge is -2.08. The van der Waals surface area contributed by atoms with Crippen molar-refractivity contribution in [3.05, 3.63) is 28.0 Å². The van der Waals surface area contributed by atoms with Gasteiger partial charge >= 0.3 is 0 Å². The fourth-order valence-electron chi connectivity index (χ4n) is 0.964. The molecule has 0 aromatic heterocycles. The lowest BCUT2D eigenvalue weighted by molar-refractivity contribution is 0.336. The maximum absolute atomic E-state index is 13.0. The summed E-state index contributed by atoms with van der Waals surface area (Å²) in [5.74, 6) is 0.560. The normalized spacial score (nSPS) is 10.2. The van der Waals surface area contributed by atoms with E-state index in [1.54, 1.807) is 6.07 Å². The predicted octanol–water partition coefficient (Wildman–Crippen LogP) is 3.73. The molecule has 0 unspecified atom stereocenters. The van der Waals surface area contributed by atoms with Crippen LogP contribution in [-0.4, -0.2) is 6.61 Å². The van der Waals surface area contributed by atoms with Gasteiger partial charge in [0.15, 0.2) is 0 Å². The highest BCUT2D eigenvalue weighted by molar-refractivity contribution is 9.10. The molecule has 0 saturated heterocycles. The van der Waals surface area contributed by atoms with E-state index in [1.807, 2.05) is 6.92 Å². The third-order valence-corrected chi connectivity index (χ3v) is 2.44.